The molecule has 3 rings (SSSR count). The van der Waals surface area contributed by atoms with Gasteiger partial charge in [0.1, 0.15) is 6.04 Å². The molecule has 10 heteroatoms. The van der Waals surface area contributed by atoms with Crippen LogP contribution < -0.4 is 14.3 Å². The molecule has 2 aromatic rings. The van der Waals surface area contributed by atoms with Gasteiger partial charge in [0.05, 0.1) is 26.7 Å². The highest BCUT2D eigenvalue weighted by molar-refractivity contribution is 7.09. The van der Waals surface area contributed by atoms with E-state index in [4.69, 9.17) is 14.2 Å². The van der Waals surface area contributed by atoms with Gasteiger partial charge in [-0.05, 0) is 51.8 Å². The van der Waals surface area contributed by atoms with E-state index in [0.29, 0.717) is 54.4 Å². The van der Waals surface area contributed by atoms with Crippen molar-refractivity contribution in [3.05, 3.63) is 39.6 Å². The van der Waals surface area contributed by atoms with E-state index in [2.05, 4.69) is 4.99 Å². The molecule has 0 spiro atoms. The number of carbonyl (C=O) groups is 3. The van der Waals surface area contributed by atoms with Gasteiger partial charge in [-0.2, -0.15) is 4.99 Å². The lowest BCUT2D eigenvalue weighted by Crippen LogP contribution is -2.44. The first kappa shape index (κ1) is 25.5. The summed E-state index contributed by atoms with van der Waals surface area (Å²) in [4.78, 5) is 45.5. The van der Waals surface area contributed by atoms with Crippen molar-refractivity contribution >= 4 is 29.1 Å². The molecule has 1 aliphatic heterocycles. The summed E-state index contributed by atoms with van der Waals surface area (Å²) in [5.74, 6) is 0.0902. The maximum Gasteiger partial charge on any atom is 0.309 e. The zero-order valence-electron chi connectivity index (χ0n) is 20.2. The highest BCUT2D eigenvalue weighted by Crippen LogP contribution is 2.28. The molecule has 0 bridgehead atoms. The number of hydrogen-bond donors (Lipinski definition) is 0. The van der Waals surface area contributed by atoms with E-state index in [0.717, 1.165) is 4.88 Å². The van der Waals surface area contributed by atoms with Gasteiger partial charge < -0.3 is 23.7 Å². The normalized spacial score (nSPS) is 15.7. The second-order valence-corrected chi connectivity index (χ2v) is 9.26. The number of rotatable bonds is 7. The topological polar surface area (TPSA) is 99.4 Å². The Kier molecular flexibility index (Phi) is 8.49. The molecule has 1 saturated heterocycles. The maximum absolute atomic E-state index is 13.2. The first-order chi connectivity index (χ1) is 16.3. The number of benzene rings is 1. The summed E-state index contributed by atoms with van der Waals surface area (Å²) < 4.78 is 17.3. The fourth-order valence-corrected chi connectivity index (χ4v) is 4.83. The van der Waals surface area contributed by atoms with E-state index in [-0.39, 0.29) is 17.8 Å². The van der Waals surface area contributed by atoms with E-state index in [9.17, 15) is 14.4 Å². The zero-order chi connectivity index (χ0) is 24.8. The van der Waals surface area contributed by atoms with Gasteiger partial charge in [-0.1, -0.05) is 0 Å². The van der Waals surface area contributed by atoms with Gasteiger partial charge in [0.25, 0.3) is 5.91 Å². The minimum Gasteiger partial charge on any atom is -0.493 e. The largest absolute Gasteiger partial charge is 0.493 e. The summed E-state index contributed by atoms with van der Waals surface area (Å²) >= 11 is 1.34. The second-order valence-electron chi connectivity index (χ2n) is 8.05. The number of methoxy groups -OCH3 is 2. The number of likely N-dealkylation sites (tertiary alicyclic amines) is 1. The Labute approximate surface area is 203 Å². The van der Waals surface area contributed by atoms with Crippen LogP contribution in [-0.4, -0.2) is 61.2 Å². The number of aromatic nitrogens is 1. The van der Waals surface area contributed by atoms with Crippen LogP contribution >= 0.6 is 11.3 Å². The highest BCUT2D eigenvalue weighted by Gasteiger charge is 2.31. The number of nitrogens with zero attached hydrogens (tertiary/aromatic N) is 3. The smallest absolute Gasteiger partial charge is 0.309 e. The average Bonchev–Trinajstić information content (AvgIpc) is 3.22. The summed E-state index contributed by atoms with van der Waals surface area (Å²) in [7, 11) is 3.03. The predicted octanol–water partition coefficient (Wildman–Crippen LogP) is 2.98. The molecule has 1 fully saturated rings. The number of piperidine rings is 1. The van der Waals surface area contributed by atoms with E-state index >= 15 is 0 Å². The predicted molar refractivity (Wildman–Crippen MR) is 127 cm³/mol. The Balaban J connectivity index is 1.78. The molecule has 1 unspecified atom stereocenters. The van der Waals surface area contributed by atoms with Crippen LogP contribution in [0.1, 0.15) is 48.0 Å². The number of aryl methyl sites for hydroxylation is 1. The lowest BCUT2D eigenvalue weighted by atomic mass is 9.96. The third-order valence-corrected chi connectivity index (χ3v) is 6.73. The molecular formula is C24H31N3O6S. The van der Waals surface area contributed by atoms with Gasteiger partial charge in [0.2, 0.25) is 5.91 Å². The molecule has 0 aliphatic carbocycles. The summed E-state index contributed by atoms with van der Waals surface area (Å²) in [6, 6.07) is 4.32. The van der Waals surface area contributed by atoms with E-state index in [1.807, 2.05) is 13.1 Å². The minimum atomic E-state index is -0.541. The van der Waals surface area contributed by atoms with Crippen LogP contribution in [0.3, 0.4) is 0 Å². The van der Waals surface area contributed by atoms with Gasteiger partial charge in [-0.3, -0.25) is 14.4 Å². The van der Waals surface area contributed by atoms with Crippen LogP contribution in [-0.2, 0) is 14.3 Å². The number of ether oxygens (including phenoxy) is 3. The van der Waals surface area contributed by atoms with Crippen LogP contribution in [0.4, 0.5) is 0 Å². The van der Waals surface area contributed by atoms with Gasteiger partial charge in [0, 0.05) is 29.7 Å². The Morgan fingerprint density at radius 1 is 1.15 bits per heavy atom. The van der Waals surface area contributed by atoms with E-state index in [1.165, 1.54) is 25.6 Å². The SMILES string of the molecule is CCOC(=O)C1CCN(C(=O)C(C)n2cc(C)sc2=NC(=O)c2ccc(OC)c(OC)c2)CC1. The van der Waals surface area contributed by atoms with Crippen molar-refractivity contribution in [1.29, 1.82) is 0 Å². The number of amides is 2. The maximum atomic E-state index is 13.2. The molecule has 2 amide bonds. The lowest BCUT2D eigenvalue weighted by molar-refractivity contribution is -0.151. The van der Waals surface area contributed by atoms with Gasteiger partial charge in [-0.25, -0.2) is 0 Å². The zero-order valence-corrected chi connectivity index (χ0v) is 21.0. The third kappa shape index (κ3) is 5.67. The van der Waals surface area contributed by atoms with E-state index in [1.54, 1.807) is 41.5 Å². The van der Waals surface area contributed by atoms with Crippen molar-refractivity contribution in [2.24, 2.45) is 10.9 Å². The molecule has 1 aliphatic rings. The third-order valence-electron chi connectivity index (χ3n) is 5.82. The number of hydrogen-bond acceptors (Lipinski definition) is 7. The first-order valence-corrected chi connectivity index (χ1v) is 12.1. The number of esters is 1. The minimum absolute atomic E-state index is 0.0693. The molecular weight excluding hydrogens is 458 g/mol. The molecule has 0 N–H and O–H groups in total. The standard InChI is InChI=1S/C24H31N3O6S/c1-6-33-23(30)17-9-11-26(12-10-17)22(29)16(3)27-14-15(2)34-24(27)25-21(28)18-7-8-19(31-4)20(13-18)32-5/h7-8,13-14,16-17H,6,9-12H2,1-5H3. The molecule has 1 aromatic heterocycles. The first-order valence-electron chi connectivity index (χ1n) is 11.2. The molecule has 9 nitrogen and oxygen atoms in total. The van der Waals surface area contributed by atoms with Crippen molar-refractivity contribution in [3.63, 3.8) is 0 Å². The Morgan fingerprint density at radius 3 is 2.44 bits per heavy atom. The number of carbonyl (C=O) groups excluding carboxylic acids is 3. The average molecular weight is 490 g/mol. The quantitative estimate of drug-likeness (QED) is 0.555. The fraction of sp³-hybridized carbons (Fsp3) is 0.500. The highest BCUT2D eigenvalue weighted by atomic mass is 32.1. The Bertz CT molecular complexity index is 1110. The Hall–Kier alpha value is -3.14. The lowest BCUT2D eigenvalue weighted by Gasteiger charge is -2.32. The number of thiazole rings is 1. The summed E-state index contributed by atoms with van der Waals surface area (Å²) in [5.41, 5.74) is 0.357. The van der Waals surface area contributed by atoms with Crippen LogP contribution in [0, 0.1) is 12.8 Å². The summed E-state index contributed by atoms with van der Waals surface area (Å²) in [6.07, 6.45) is 3.00. The molecule has 184 valence electrons. The second kappa shape index (κ2) is 11.3. The van der Waals surface area contributed by atoms with Crippen LogP contribution in [0.5, 0.6) is 11.5 Å². The fourth-order valence-electron chi connectivity index (χ4n) is 3.93. The molecule has 1 atom stereocenters. The molecule has 0 radical (unpaired) electrons. The van der Waals surface area contributed by atoms with Crippen molar-refractivity contribution in [2.75, 3.05) is 33.9 Å². The van der Waals surface area contributed by atoms with Crippen molar-refractivity contribution in [2.45, 2.75) is 39.7 Å². The van der Waals surface area contributed by atoms with E-state index < -0.39 is 11.9 Å². The van der Waals surface area contributed by atoms with Crippen molar-refractivity contribution in [1.82, 2.24) is 9.47 Å². The van der Waals surface area contributed by atoms with Gasteiger partial charge in [-0.15, -0.1) is 11.3 Å². The van der Waals surface area contributed by atoms with Crippen molar-refractivity contribution < 1.29 is 28.6 Å². The van der Waals surface area contributed by atoms with Crippen LogP contribution in [0.25, 0.3) is 0 Å². The monoisotopic (exact) mass is 489 g/mol. The molecule has 2 heterocycles. The molecule has 34 heavy (non-hydrogen) atoms. The van der Waals surface area contributed by atoms with Crippen LogP contribution in [0.15, 0.2) is 29.4 Å². The van der Waals surface area contributed by atoms with Gasteiger partial charge in [0.15, 0.2) is 16.3 Å². The summed E-state index contributed by atoms with van der Waals surface area (Å²) in [5, 5.41) is 0. The van der Waals surface area contributed by atoms with Crippen LogP contribution in [0.2, 0.25) is 0 Å². The molecule has 1 aromatic carbocycles. The van der Waals surface area contributed by atoms with Gasteiger partial charge >= 0.3 is 5.97 Å². The Morgan fingerprint density at radius 2 is 1.82 bits per heavy atom. The van der Waals surface area contributed by atoms with Crippen molar-refractivity contribution in [3.8, 4) is 11.5 Å². The summed E-state index contributed by atoms with van der Waals surface area (Å²) in [6.45, 7) is 6.84. The molecule has 0 saturated carbocycles.